The summed E-state index contributed by atoms with van der Waals surface area (Å²) in [5.74, 6) is 0. The van der Waals surface area contributed by atoms with Crippen molar-refractivity contribution in [2.45, 2.75) is 37.9 Å². The smallest absolute Gasteiger partial charge is 0.409 e. The molecule has 0 saturated heterocycles. The van der Waals surface area contributed by atoms with Gasteiger partial charge in [-0.3, -0.25) is 0 Å². The molecule has 1 aliphatic carbocycles. The Labute approximate surface area is 90.5 Å². The third kappa shape index (κ3) is 4.34. The largest absolute Gasteiger partial charge is 0.442 e. The summed E-state index contributed by atoms with van der Waals surface area (Å²) in [6, 6.07) is 0. The summed E-state index contributed by atoms with van der Waals surface area (Å²) in [6.45, 7) is 0. The van der Waals surface area contributed by atoms with Crippen LogP contribution in [0.3, 0.4) is 0 Å². The molecule has 0 aromatic carbocycles. The van der Waals surface area contributed by atoms with Crippen LogP contribution in [0.5, 0.6) is 0 Å². The highest BCUT2D eigenvalue weighted by Crippen LogP contribution is 2.15. The first-order chi connectivity index (χ1) is 7.09. The van der Waals surface area contributed by atoms with E-state index in [2.05, 4.69) is 0 Å². The maximum atomic E-state index is 11.3. The zero-order chi connectivity index (χ0) is 11.3. The number of aliphatic hydroxyl groups excluding tert-OH is 1. The van der Waals surface area contributed by atoms with Crippen molar-refractivity contribution in [3.63, 3.8) is 0 Å². The van der Waals surface area contributed by atoms with Crippen LogP contribution in [0.4, 0.5) is 4.79 Å². The van der Waals surface area contributed by atoms with Gasteiger partial charge in [0.1, 0.15) is 6.10 Å². The lowest BCUT2D eigenvalue weighted by atomic mass is 10.0. The molecule has 4 nitrogen and oxygen atoms in total. The van der Waals surface area contributed by atoms with Crippen molar-refractivity contribution in [1.82, 2.24) is 4.90 Å². The molecule has 0 saturated carbocycles. The Morgan fingerprint density at radius 1 is 1.33 bits per heavy atom. The second-order valence-corrected chi connectivity index (χ2v) is 4.05. The van der Waals surface area contributed by atoms with Crippen molar-refractivity contribution in [3.05, 3.63) is 12.2 Å². The second kappa shape index (κ2) is 5.75. The van der Waals surface area contributed by atoms with Gasteiger partial charge in [0.05, 0.1) is 6.10 Å². The topological polar surface area (TPSA) is 49.8 Å². The highest BCUT2D eigenvalue weighted by atomic mass is 16.6. The van der Waals surface area contributed by atoms with Gasteiger partial charge in [-0.1, -0.05) is 12.5 Å². The molecule has 0 heterocycles. The minimum absolute atomic E-state index is 0.199. The Kier molecular flexibility index (Phi) is 4.62. The molecule has 1 rings (SSSR count). The van der Waals surface area contributed by atoms with Crippen molar-refractivity contribution in [1.29, 1.82) is 0 Å². The molecule has 0 spiro atoms. The van der Waals surface area contributed by atoms with Crippen molar-refractivity contribution in [2.24, 2.45) is 0 Å². The maximum absolute atomic E-state index is 11.3. The molecular weight excluding hydrogens is 194 g/mol. The summed E-state index contributed by atoms with van der Waals surface area (Å²) in [5.41, 5.74) is 0. The van der Waals surface area contributed by atoms with Crippen LogP contribution in [-0.2, 0) is 4.74 Å². The van der Waals surface area contributed by atoms with Crippen molar-refractivity contribution >= 4 is 6.09 Å². The Morgan fingerprint density at radius 3 is 2.67 bits per heavy atom. The van der Waals surface area contributed by atoms with Gasteiger partial charge in [0.2, 0.25) is 0 Å². The molecule has 2 unspecified atom stereocenters. The second-order valence-electron chi connectivity index (χ2n) is 4.05. The molecule has 15 heavy (non-hydrogen) atoms. The van der Waals surface area contributed by atoms with Crippen molar-refractivity contribution in [3.8, 4) is 0 Å². The van der Waals surface area contributed by atoms with Crippen LogP contribution in [0.25, 0.3) is 0 Å². The fraction of sp³-hybridized carbons (Fsp3) is 0.727. The van der Waals surface area contributed by atoms with Gasteiger partial charge in [0.15, 0.2) is 0 Å². The van der Waals surface area contributed by atoms with Gasteiger partial charge in [-0.15, -0.1) is 0 Å². The van der Waals surface area contributed by atoms with E-state index in [1.807, 2.05) is 0 Å². The molecule has 1 N–H and O–H groups in total. The molecule has 0 fully saturated rings. The zero-order valence-electron chi connectivity index (χ0n) is 9.35. The molecule has 1 amide bonds. The first kappa shape index (κ1) is 12.0. The van der Waals surface area contributed by atoms with Crippen LogP contribution in [0.15, 0.2) is 12.2 Å². The minimum atomic E-state index is -0.397. The normalized spacial score (nSPS) is 28.7. The van der Waals surface area contributed by atoms with E-state index >= 15 is 0 Å². The van der Waals surface area contributed by atoms with E-state index < -0.39 is 6.10 Å². The molecule has 0 aromatic rings. The van der Waals surface area contributed by atoms with Crippen LogP contribution >= 0.6 is 0 Å². The van der Waals surface area contributed by atoms with E-state index in [0.717, 1.165) is 25.7 Å². The fourth-order valence-electron chi connectivity index (χ4n) is 1.48. The molecule has 1 aliphatic rings. The fourth-order valence-corrected chi connectivity index (χ4v) is 1.48. The monoisotopic (exact) mass is 213 g/mol. The van der Waals surface area contributed by atoms with Crippen LogP contribution < -0.4 is 0 Å². The summed E-state index contributed by atoms with van der Waals surface area (Å²) >= 11 is 0. The van der Waals surface area contributed by atoms with E-state index in [0.29, 0.717) is 0 Å². The predicted molar refractivity (Wildman–Crippen MR) is 57.6 cm³/mol. The summed E-state index contributed by atoms with van der Waals surface area (Å²) < 4.78 is 5.23. The van der Waals surface area contributed by atoms with E-state index in [1.54, 1.807) is 26.2 Å². The summed E-state index contributed by atoms with van der Waals surface area (Å²) in [4.78, 5) is 12.7. The quantitative estimate of drug-likeness (QED) is 0.672. The number of ether oxygens (including phenoxy) is 1. The van der Waals surface area contributed by atoms with Crippen LogP contribution in [-0.4, -0.2) is 42.4 Å². The van der Waals surface area contributed by atoms with E-state index in [9.17, 15) is 9.90 Å². The lowest BCUT2D eigenvalue weighted by Gasteiger charge is -2.20. The molecular formula is C11H19NO3. The van der Waals surface area contributed by atoms with Crippen LogP contribution in [0.1, 0.15) is 25.7 Å². The summed E-state index contributed by atoms with van der Waals surface area (Å²) in [7, 11) is 3.31. The summed E-state index contributed by atoms with van der Waals surface area (Å²) in [5, 5.41) is 9.44. The first-order valence-electron chi connectivity index (χ1n) is 5.34. The van der Waals surface area contributed by atoms with Crippen molar-refractivity contribution in [2.75, 3.05) is 14.1 Å². The average molecular weight is 213 g/mol. The molecule has 86 valence electrons. The predicted octanol–water partition coefficient (Wildman–Crippen LogP) is 1.54. The van der Waals surface area contributed by atoms with Crippen LogP contribution in [0.2, 0.25) is 0 Å². The molecule has 4 heteroatoms. The van der Waals surface area contributed by atoms with Gasteiger partial charge in [-0.2, -0.15) is 0 Å². The van der Waals surface area contributed by atoms with Gasteiger partial charge in [-0.05, 0) is 25.3 Å². The molecule has 2 atom stereocenters. The highest BCUT2D eigenvalue weighted by Gasteiger charge is 2.15. The van der Waals surface area contributed by atoms with E-state index in [-0.39, 0.29) is 12.2 Å². The Bertz CT molecular complexity index is 238. The highest BCUT2D eigenvalue weighted by molar-refractivity contribution is 5.67. The third-order valence-electron chi connectivity index (χ3n) is 2.40. The average Bonchev–Trinajstić information content (AvgIpc) is 2.16. The Morgan fingerprint density at radius 2 is 2.00 bits per heavy atom. The lowest BCUT2D eigenvalue weighted by molar-refractivity contribution is 0.0863. The zero-order valence-corrected chi connectivity index (χ0v) is 9.35. The van der Waals surface area contributed by atoms with Gasteiger partial charge < -0.3 is 14.7 Å². The molecule has 0 bridgehead atoms. The SMILES string of the molecule is CN(C)C(=O)OC1/C=C/C(O)CCCC1. The third-order valence-corrected chi connectivity index (χ3v) is 2.40. The number of nitrogens with zero attached hydrogens (tertiary/aromatic N) is 1. The van der Waals surface area contributed by atoms with Gasteiger partial charge >= 0.3 is 6.09 Å². The van der Waals surface area contributed by atoms with E-state index in [1.165, 1.54) is 4.90 Å². The summed E-state index contributed by atoms with van der Waals surface area (Å²) in [6.07, 6.45) is 6.15. The molecule has 0 radical (unpaired) electrons. The number of rotatable bonds is 1. The van der Waals surface area contributed by atoms with Crippen molar-refractivity contribution < 1.29 is 14.6 Å². The number of hydrogen-bond acceptors (Lipinski definition) is 3. The lowest BCUT2D eigenvalue weighted by Crippen LogP contribution is -2.27. The van der Waals surface area contributed by atoms with Gasteiger partial charge in [-0.25, -0.2) is 4.79 Å². The van der Waals surface area contributed by atoms with Gasteiger partial charge in [0.25, 0.3) is 0 Å². The van der Waals surface area contributed by atoms with Crippen LogP contribution in [0, 0.1) is 0 Å². The number of carbonyl (C=O) groups excluding carboxylic acids is 1. The molecule has 0 aliphatic heterocycles. The Balaban J connectivity index is 2.48. The number of carbonyl (C=O) groups is 1. The number of aliphatic hydroxyl groups is 1. The maximum Gasteiger partial charge on any atom is 0.409 e. The van der Waals surface area contributed by atoms with Gasteiger partial charge in [0, 0.05) is 14.1 Å². The number of amides is 1. The standard InChI is InChI=1S/C11H19NO3/c1-12(2)11(14)15-10-6-4-3-5-9(13)7-8-10/h7-10,13H,3-6H2,1-2H3/b8-7+. The minimum Gasteiger partial charge on any atom is -0.442 e. The Hall–Kier alpha value is -1.03. The molecule has 0 aromatic heterocycles. The number of hydrogen-bond donors (Lipinski definition) is 1. The first-order valence-corrected chi connectivity index (χ1v) is 5.34. The van der Waals surface area contributed by atoms with E-state index in [4.69, 9.17) is 4.74 Å².